The topological polar surface area (TPSA) is 101 Å². The van der Waals surface area contributed by atoms with E-state index in [0.717, 1.165) is 11.3 Å². The molecule has 3 aromatic heterocycles. The molecule has 7 nitrogen and oxygen atoms in total. The number of rotatable bonds is 3. The maximum atomic E-state index is 12.1. The fourth-order valence-electron chi connectivity index (χ4n) is 1.68. The van der Waals surface area contributed by atoms with Crippen molar-refractivity contribution in [3.63, 3.8) is 0 Å². The molecule has 3 heterocycles. The van der Waals surface area contributed by atoms with Crippen molar-refractivity contribution in [1.29, 1.82) is 0 Å². The molecule has 0 saturated carbocycles. The fourth-order valence-corrected chi connectivity index (χ4v) is 3.09. The van der Waals surface area contributed by atoms with Gasteiger partial charge in [-0.25, -0.2) is 9.78 Å². The van der Waals surface area contributed by atoms with E-state index in [0.29, 0.717) is 9.96 Å². The Morgan fingerprint density at radius 1 is 1.33 bits per heavy atom. The molecule has 0 spiro atoms. The summed E-state index contributed by atoms with van der Waals surface area (Å²) in [5, 5.41) is 13.4. The van der Waals surface area contributed by atoms with Gasteiger partial charge in [-0.15, -0.1) is 22.7 Å². The van der Waals surface area contributed by atoms with Gasteiger partial charge in [-0.2, -0.15) is 0 Å². The van der Waals surface area contributed by atoms with Gasteiger partial charge < -0.3 is 10.4 Å². The second-order valence-corrected chi connectivity index (χ2v) is 5.91. The highest BCUT2D eigenvalue weighted by molar-refractivity contribution is 7.18. The third kappa shape index (κ3) is 2.43. The third-order valence-corrected chi connectivity index (χ3v) is 4.40. The van der Waals surface area contributed by atoms with Crippen LogP contribution in [0.2, 0.25) is 0 Å². The number of fused-ring (bicyclic) bond motifs is 1. The van der Waals surface area contributed by atoms with Crippen molar-refractivity contribution in [2.75, 3.05) is 5.32 Å². The normalized spacial score (nSPS) is 10.7. The number of aromatic nitrogens is 2. The number of anilines is 1. The lowest BCUT2D eigenvalue weighted by atomic mass is 10.3. The SMILES string of the molecule is O=C(O)c1ccc(NC(=O)c2cnc3sccn3c2=O)s1. The van der Waals surface area contributed by atoms with Crippen LogP contribution in [0.3, 0.4) is 0 Å². The fraction of sp³-hybridized carbons (Fsp3) is 0. The summed E-state index contributed by atoms with van der Waals surface area (Å²) < 4.78 is 1.29. The number of hydrogen-bond donors (Lipinski definition) is 2. The Kier molecular flexibility index (Phi) is 3.28. The summed E-state index contributed by atoms with van der Waals surface area (Å²) in [5.41, 5.74) is -0.565. The Bertz CT molecular complexity index is 909. The van der Waals surface area contributed by atoms with E-state index in [4.69, 9.17) is 5.11 Å². The number of carboxylic acids is 1. The molecule has 0 radical (unpaired) electrons. The predicted molar refractivity (Wildman–Crippen MR) is 78.6 cm³/mol. The highest BCUT2D eigenvalue weighted by Gasteiger charge is 2.15. The van der Waals surface area contributed by atoms with E-state index in [1.54, 1.807) is 11.6 Å². The Labute approximate surface area is 125 Å². The van der Waals surface area contributed by atoms with E-state index in [2.05, 4.69) is 10.3 Å². The molecule has 1 amide bonds. The first-order valence-corrected chi connectivity index (χ1v) is 7.35. The van der Waals surface area contributed by atoms with Crippen molar-refractivity contribution in [2.45, 2.75) is 0 Å². The predicted octanol–water partition coefficient (Wildman–Crippen LogP) is 1.77. The lowest BCUT2D eigenvalue weighted by Crippen LogP contribution is -2.25. The summed E-state index contributed by atoms with van der Waals surface area (Å²) >= 11 is 2.21. The summed E-state index contributed by atoms with van der Waals surface area (Å²) in [6.45, 7) is 0. The smallest absolute Gasteiger partial charge is 0.345 e. The van der Waals surface area contributed by atoms with Gasteiger partial charge in [0.15, 0.2) is 4.96 Å². The van der Waals surface area contributed by atoms with Gasteiger partial charge in [0.05, 0.1) is 5.00 Å². The van der Waals surface area contributed by atoms with Crippen LogP contribution < -0.4 is 10.9 Å². The van der Waals surface area contributed by atoms with Crippen LogP contribution in [0, 0.1) is 0 Å². The van der Waals surface area contributed by atoms with Gasteiger partial charge in [0.1, 0.15) is 10.4 Å². The van der Waals surface area contributed by atoms with Crippen LogP contribution in [0.5, 0.6) is 0 Å². The van der Waals surface area contributed by atoms with Gasteiger partial charge >= 0.3 is 5.97 Å². The van der Waals surface area contributed by atoms with Gasteiger partial charge in [-0.05, 0) is 12.1 Å². The average molecular weight is 321 g/mol. The van der Waals surface area contributed by atoms with E-state index >= 15 is 0 Å². The Balaban J connectivity index is 1.91. The number of amides is 1. The van der Waals surface area contributed by atoms with Crippen LogP contribution >= 0.6 is 22.7 Å². The molecule has 21 heavy (non-hydrogen) atoms. The van der Waals surface area contributed by atoms with E-state index in [9.17, 15) is 14.4 Å². The van der Waals surface area contributed by atoms with Crippen molar-refractivity contribution in [3.05, 3.63) is 50.7 Å². The zero-order valence-electron chi connectivity index (χ0n) is 10.3. The molecule has 0 saturated heterocycles. The van der Waals surface area contributed by atoms with Gasteiger partial charge in [0, 0.05) is 17.8 Å². The number of nitrogens with zero attached hydrogens (tertiary/aromatic N) is 2. The number of aromatic carboxylic acids is 1. The van der Waals surface area contributed by atoms with Crippen LogP contribution in [0.4, 0.5) is 5.00 Å². The molecule has 0 aliphatic heterocycles. The number of thiophene rings is 1. The maximum Gasteiger partial charge on any atom is 0.345 e. The molecule has 0 bridgehead atoms. The van der Waals surface area contributed by atoms with Crippen molar-refractivity contribution in [1.82, 2.24) is 9.38 Å². The number of carbonyl (C=O) groups excluding carboxylic acids is 1. The van der Waals surface area contributed by atoms with E-state index in [1.165, 1.54) is 34.1 Å². The van der Waals surface area contributed by atoms with Crippen molar-refractivity contribution >= 4 is 44.5 Å². The zero-order valence-corrected chi connectivity index (χ0v) is 11.9. The molecule has 3 rings (SSSR count). The first kappa shape index (κ1) is 13.5. The van der Waals surface area contributed by atoms with Crippen LogP contribution in [-0.2, 0) is 0 Å². The first-order valence-electron chi connectivity index (χ1n) is 5.65. The summed E-state index contributed by atoms with van der Waals surface area (Å²) in [6.07, 6.45) is 2.76. The van der Waals surface area contributed by atoms with E-state index in [-0.39, 0.29) is 10.4 Å². The van der Waals surface area contributed by atoms with Crippen molar-refractivity contribution in [3.8, 4) is 0 Å². The van der Waals surface area contributed by atoms with Crippen LogP contribution in [-0.4, -0.2) is 26.4 Å². The van der Waals surface area contributed by atoms with E-state index < -0.39 is 17.4 Å². The molecule has 0 atom stereocenters. The minimum Gasteiger partial charge on any atom is -0.477 e. The molecule has 0 aromatic carbocycles. The highest BCUT2D eigenvalue weighted by atomic mass is 32.1. The molecule has 0 aliphatic carbocycles. The molecule has 106 valence electrons. The third-order valence-electron chi connectivity index (χ3n) is 2.64. The molecule has 3 aromatic rings. The molecular formula is C12H7N3O4S2. The number of thiazole rings is 1. The van der Waals surface area contributed by atoms with Gasteiger partial charge in [-0.1, -0.05) is 0 Å². The van der Waals surface area contributed by atoms with Crippen LogP contribution in [0.15, 0.2) is 34.7 Å². The molecule has 0 unspecified atom stereocenters. The number of carboxylic acid groups (broad SMARTS) is 1. The Morgan fingerprint density at radius 3 is 2.86 bits per heavy atom. The first-order chi connectivity index (χ1) is 10.1. The number of hydrogen-bond acceptors (Lipinski definition) is 6. The molecule has 0 fully saturated rings. The Morgan fingerprint density at radius 2 is 2.14 bits per heavy atom. The van der Waals surface area contributed by atoms with Crippen LogP contribution in [0.25, 0.3) is 4.96 Å². The Hall–Kier alpha value is -2.52. The summed E-state index contributed by atoms with van der Waals surface area (Å²) in [6, 6.07) is 2.86. The maximum absolute atomic E-state index is 12.1. The largest absolute Gasteiger partial charge is 0.477 e. The molecule has 9 heteroatoms. The zero-order chi connectivity index (χ0) is 15.0. The van der Waals surface area contributed by atoms with Crippen molar-refractivity contribution in [2.24, 2.45) is 0 Å². The molecule has 2 N–H and O–H groups in total. The van der Waals surface area contributed by atoms with Crippen molar-refractivity contribution < 1.29 is 14.7 Å². The van der Waals surface area contributed by atoms with Gasteiger partial charge in [0.25, 0.3) is 11.5 Å². The van der Waals surface area contributed by atoms with E-state index in [1.807, 2.05) is 0 Å². The molecular weight excluding hydrogens is 314 g/mol. The minimum atomic E-state index is -1.07. The average Bonchev–Trinajstić information content (AvgIpc) is 3.07. The second-order valence-electron chi connectivity index (χ2n) is 3.96. The highest BCUT2D eigenvalue weighted by Crippen LogP contribution is 2.22. The lowest BCUT2D eigenvalue weighted by Gasteiger charge is -2.01. The monoisotopic (exact) mass is 321 g/mol. The molecule has 0 aliphatic rings. The summed E-state index contributed by atoms with van der Waals surface area (Å²) in [7, 11) is 0. The standard InChI is InChI=1S/C12H7N3O4S2/c16-9(14-8-2-1-7(21-8)11(18)19)6-5-13-12-15(10(6)17)3-4-20-12/h1-5H,(H,14,16)(H,18,19). The van der Waals surface area contributed by atoms with Gasteiger partial charge in [0.2, 0.25) is 0 Å². The lowest BCUT2D eigenvalue weighted by molar-refractivity contribution is 0.0702. The number of nitrogens with one attached hydrogen (secondary N) is 1. The van der Waals surface area contributed by atoms with Gasteiger partial charge in [-0.3, -0.25) is 14.0 Å². The summed E-state index contributed by atoms with van der Waals surface area (Å²) in [5.74, 6) is -1.69. The second kappa shape index (κ2) is 5.11. The number of carbonyl (C=O) groups is 2. The summed E-state index contributed by atoms with van der Waals surface area (Å²) in [4.78, 5) is 39.6. The quantitative estimate of drug-likeness (QED) is 0.765. The van der Waals surface area contributed by atoms with Crippen LogP contribution in [0.1, 0.15) is 20.0 Å². The minimum absolute atomic E-state index is 0.101.